The minimum atomic E-state index is -3.96. The number of carbonyl (C=O) groups is 1. The van der Waals surface area contributed by atoms with E-state index >= 15 is 0 Å². The molecule has 2 aromatic carbocycles. The lowest BCUT2D eigenvalue weighted by molar-refractivity contribution is 0.0958. The van der Waals surface area contributed by atoms with E-state index in [0.29, 0.717) is 10.7 Å². The van der Waals surface area contributed by atoms with Gasteiger partial charge in [0.1, 0.15) is 4.90 Å². The summed E-state index contributed by atoms with van der Waals surface area (Å²) >= 11 is 11.8. The van der Waals surface area contributed by atoms with E-state index in [1.807, 2.05) is 0 Å². The molecule has 0 radical (unpaired) electrons. The van der Waals surface area contributed by atoms with Crippen molar-refractivity contribution in [3.8, 4) is 0 Å². The molecular weight excluding hydrogens is 371 g/mol. The van der Waals surface area contributed by atoms with Crippen molar-refractivity contribution in [2.45, 2.75) is 4.90 Å². The smallest absolute Gasteiger partial charge is 0.263 e. The number of halogens is 2. The Morgan fingerprint density at radius 2 is 1.79 bits per heavy atom. The highest BCUT2D eigenvalue weighted by atomic mass is 35.5. The third-order valence-electron chi connectivity index (χ3n) is 2.99. The Balaban J connectivity index is 2.33. The van der Waals surface area contributed by atoms with Crippen LogP contribution in [0.3, 0.4) is 0 Å². The van der Waals surface area contributed by atoms with Gasteiger partial charge in [0.25, 0.3) is 15.9 Å². The van der Waals surface area contributed by atoms with Crippen LogP contribution in [0.1, 0.15) is 10.4 Å². The Kier molecular flexibility index (Phi) is 5.88. The first-order valence-electron chi connectivity index (χ1n) is 6.80. The van der Waals surface area contributed by atoms with Gasteiger partial charge < -0.3 is 5.32 Å². The van der Waals surface area contributed by atoms with E-state index < -0.39 is 15.9 Å². The molecule has 2 aromatic rings. The van der Waals surface area contributed by atoms with Crippen LogP contribution in [0.25, 0.3) is 0 Å². The van der Waals surface area contributed by atoms with Crippen LogP contribution in [0.2, 0.25) is 10.0 Å². The lowest BCUT2D eigenvalue weighted by atomic mass is 10.2. The summed E-state index contributed by atoms with van der Waals surface area (Å²) in [5.41, 5.74) is 0.509. The van der Waals surface area contributed by atoms with Crippen molar-refractivity contribution in [1.82, 2.24) is 5.32 Å². The van der Waals surface area contributed by atoms with E-state index in [2.05, 4.69) is 16.6 Å². The number of rotatable bonds is 6. The Labute approximate surface area is 150 Å². The minimum absolute atomic E-state index is 0.0109. The van der Waals surface area contributed by atoms with E-state index in [0.717, 1.165) is 0 Å². The van der Waals surface area contributed by atoms with Crippen molar-refractivity contribution in [2.24, 2.45) is 0 Å². The molecule has 24 heavy (non-hydrogen) atoms. The van der Waals surface area contributed by atoms with Crippen molar-refractivity contribution >= 4 is 44.8 Å². The average Bonchev–Trinajstić information content (AvgIpc) is 2.54. The number of hydrogen-bond donors (Lipinski definition) is 2. The minimum Gasteiger partial charge on any atom is -0.349 e. The standard InChI is InChI=1S/C16H14Cl2N2O3S/c1-2-9-19-16(21)11-3-8-14(18)15(10-11)24(22,23)20-13-6-4-12(17)5-7-13/h2-8,10,20H,1,9H2,(H,19,21). The molecule has 0 atom stereocenters. The number of anilines is 1. The second-order valence-electron chi connectivity index (χ2n) is 4.76. The molecule has 0 aliphatic carbocycles. The van der Waals surface area contributed by atoms with Crippen molar-refractivity contribution in [3.05, 3.63) is 70.7 Å². The summed E-state index contributed by atoms with van der Waals surface area (Å²) in [5, 5.41) is 3.07. The summed E-state index contributed by atoms with van der Waals surface area (Å²) in [6.45, 7) is 3.77. The molecule has 2 rings (SSSR count). The highest BCUT2D eigenvalue weighted by Gasteiger charge is 2.20. The largest absolute Gasteiger partial charge is 0.349 e. The van der Waals surface area contributed by atoms with E-state index in [1.54, 1.807) is 12.1 Å². The molecule has 0 aliphatic rings. The highest BCUT2D eigenvalue weighted by Crippen LogP contribution is 2.25. The van der Waals surface area contributed by atoms with E-state index in [9.17, 15) is 13.2 Å². The molecule has 0 spiro atoms. The quantitative estimate of drug-likeness (QED) is 0.745. The van der Waals surface area contributed by atoms with Gasteiger partial charge in [-0.05, 0) is 42.5 Å². The molecule has 0 fully saturated rings. The molecule has 0 bridgehead atoms. The normalized spacial score (nSPS) is 10.9. The first-order valence-corrected chi connectivity index (χ1v) is 9.04. The zero-order valence-corrected chi connectivity index (χ0v) is 14.8. The van der Waals surface area contributed by atoms with Gasteiger partial charge in [0.15, 0.2) is 0 Å². The highest BCUT2D eigenvalue weighted by molar-refractivity contribution is 7.92. The van der Waals surface area contributed by atoms with Crippen LogP contribution in [0, 0.1) is 0 Å². The molecule has 0 aromatic heterocycles. The second-order valence-corrected chi connectivity index (χ2v) is 7.25. The van der Waals surface area contributed by atoms with Gasteiger partial charge in [-0.2, -0.15) is 0 Å². The first-order chi connectivity index (χ1) is 11.3. The molecule has 2 N–H and O–H groups in total. The SMILES string of the molecule is C=CCNC(=O)c1ccc(Cl)c(S(=O)(=O)Nc2ccc(Cl)cc2)c1. The molecule has 0 unspecified atom stereocenters. The lowest BCUT2D eigenvalue weighted by Crippen LogP contribution is -2.23. The molecule has 126 valence electrons. The van der Waals surface area contributed by atoms with Gasteiger partial charge in [-0.15, -0.1) is 6.58 Å². The van der Waals surface area contributed by atoms with Gasteiger partial charge >= 0.3 is 0 Å². The monoisotopic (exact) mass is 384 g/mol. The van der Waals surface area contributed by atoms with Crippen molar-refractivity contribution in [1.29, 1.82) is 0 Å². The molecule has 5 nitrogen and oxygen atoms in total. The van der Waals surface area contributed by atoms with Gasteiger partial charge in [0.05, 0.1) is 5.02 Å². The number of amides is 1. The number of carbonyl (C=O) groups excluding carboxylic acids is 1. The zero-order valence-electron chi connectivity index (χ0n) is 12.4. The Bertz CT molecular complexity index is 865. The molecule has 1 amide bonds. The van der Waals surface area contributed by atoms with E-state index in [-0.39, 0.29) is 22.0 Å². The molecule has 0 aliphatic heterocycles. The summed E-state index contributed by atoms with van der Waals surface area (Å²) in [6, 6.07) is 10.2. The summed E-state index contributed by atoms with van der Waals surface area (Å²) in [5.74, 6) is -0.422. The van der Waals surface area contributed by atoms with E-state index in [1.165, 1.54) is 36.4 Å². The summed E-state index contributed by atoms with van der Waals surface area (Å²) in [4.78, 5) is 11.8. The molecule has 8 heteroatoms. The van der Waals surface area contributed by atoms with Crippen LogP contribution in [0.4, 0.5) is 5.69 Å². The lowest BCUT2D eigenvalue weighted by Gasteiger charge is -2.11. The number of nitrogens with one attached hydrogen (secondary N) is 2. The van der Waals surface area contributed by atoms with Gasteiger partial charge in [0, 0.05) is 22.8 Å². The third-order valence-corrected chi connectivity index (χ3v) is 5.10. The molecule has 0 saturated carbocycles. The maximum absolute atomic E-state index is 12.5. The van der Waals surface area contributed by atoms with Crippen LogP contribution >= 0.6 is 23.2 Å². The fourth-order valence-electron chi connectivity index (χ4n) is 1.85. The fourth-order valence-corrected chi connectivity index (χ4v) is 3.56. The van der Waals surface area contributed by atoms with Crippen molar-refractivity contribution < 1.29 is 13.2 Å². The Morgan fingerprint density at radius 3 is 2.42 bits per heavy atom. The van der Waals surface area contributed by atoms with Crippen molar-refractivity contribution in [2.75, 3.05) is 11.3 Å². The molecule has 0 saturated heterocycles. The summed E-state index contributed by atoms with van der Waals surface area (Å²) < 4.78 is 27.4. The van der Waals surface area contributed by atoms with Crippen LogP contribution in [-0.4, -0.2) is 20.9 Å². The number of sulfonamides is 1. The van der Waals surface area contributed by atoms with Gasteiger partial charge in [-0.1, -0.05) is 29.3 Å². The number of hydrogen-bond acceptors (Lipinski definition) is 3. The number of benzene rings is 2. The second kappa shape index (κ2) is 7.70. The van der Waals surface area contributed by atoms with Gasteiger partial charge in [-0.3, -0.25) is 9.52 Å². The maximum Gasteiger partial charge on any atom is 0.263 e. The topological polar surface area (TPSA) is 75.3 Å². The molecule has 0 heterocycles. The van der Waals surface area contributed by atoms with Crippen LogP contribution in [0.5, 0.6) is 0 Å². The van der Waals surface area contributed by atoms with Gasteiger partial charge in [0.2, 0.25) is 0 Å². The predicted octanol–water partition coefficient (Wildman–Crippen LogP) is 3.71. The zero-order chi connectivity index (χ0) is 17.7. The summed E-state index contributed by atoms with van der Waals surface area (Å²) in [7, 11) is -3.96. The first kappa shape index (κ1) is 18.3. The predicted molar refractivity (Wildman–Crippen MR) is 96.2 cm³/mol. The van der Waals surface area contributed by atoms with E-state index in [4.69, 9.17) is 23.2 Å². The Hall–Kier alpha value is -2.02. The summed E-state index contributed by atoms with van der Waals surface area (Å²) in [6.07, 6.45) is 1.52. The van der Waals surface area contributed by atoms with Gasteiger partial charge in [-0.25, -0.2) is 8.42 Å². The average molecular weight is 385 g/mol. The van der Waals surface area contributed by atoms with Crippen molar-refractivity contribution in [3.63, 3.8) is 0 Å². The molecular formula is C16H14Cl2N2O3S. The third kappa shape index (κ3) is 4.50. The Morgan fingerprint density at radius 1 is 1.12 bits per heavy atom. The fraction of sp³-hybridized carbons (Fsp3) is 0.0625. The van der Waals surface area contributed by atoms with Crippen LogP contribution in [-0.2, 0) is 10.0 Å². The maximum atomic E-state index is 12.5. The van der Waals surface area contributed by atoms with Crippen LogP contribution < -0.4 is 10.0 Å². The van der Waals surface area contributed by atoms with Crippen LogP contribution in [0.15, 0.2) is 60.0 Å².